The molecule has 0 radical (unpaired) electrons. The average molecular weight is 408 g/mol. The van der Waals surface area contributed by atoms with Gasteiger partial charge in [0.2, 0.25) is 0 Å². The second-order valence-electron chi connectivity index (χ2n) is 4.71. The Balaban J connectivity index is 0.00000200. The summed E-state index contributed by atoms with van der Waals surface area (Å²) < 4.78 is 0. The maximum Gasteiger partial charge on any atom is 0.191 e. The second kappa shape index (κ2) is 9.44. The highest BCUT2D eigenvalue weighted by Crippen LogP contribution is 2.24. The van der Waals surface area contributed by atoms with Crippen LogP contribution in [0.25, 0.3) is 0 Å². The van der Waals surface area contributed by atoms with Gasteiger partial charge in [-0.15, -0.1) is 35.3 Å². The second-order valence-corrected chi connectivity index (χ2v) is 5.64. The first-order valence-electron chi connectivity index (χ1n) is 7.16. The van der Waals surface area contributed by atoms with Crippen LogP contribution < -0.4 is 15.5 Å². The highest BCUT2D eigenvalue weighted by atomic mass is 127. The molecule has 1 aromatic heterocycles. The summed E-state index contributed by atoms with van der Waals surface area (Å²) in [7, 11) is 0. The fraction of sp³-hybridized carbons (Fsp3) is 0.643. The number of aliphatic imine (C=N–C) groups is 1. The van der Waals surface area contributed by atoms with E-state index in [1.165, 1.54) is 17.8 Å². The van der Waals surface area contributed by atoms with E-state index in [9.17, 15) is 0 Å². The van der Waals surface area contributed by atoms with Gasteiger partial charge < -0.3 is 15.5 Å². The van der Waals surface area contributed by atoms with Crippen LogP contribution in [-0.2, 0) is 0 Å². The third-order valence-corrected chi connectivity index (χ3v) is 4.24. The Morgan fingerprint density at radius 1 is 1.40 bits per heavy atom. The number of anilines is 1. The highest BCUT2D eigenvalue weighted by Gasteiger charge is 2.20. The van der Waals surface area contributed by atoms with Crippen LogP contribution in [0, 0.1) is 0 Å². The van der Waals surface area contributed by atoms with E-state index in [0.717, 1.165) is 32.1 Å². The summed E-state index contributed by atoms with van der Waals surface area (Å²) in [5, 5.41) is 10.4. The van der Waals surface area contributed by atoms with Gasteiger partial charge >= 0.3 is 0 Å². The average Bonchev–Trinajstić information content (AvgIpc) is 2.94. The number of nitrogens with one attached hydrogen (secondary N) is 2. The zero-order chi connectivity index (χ0) is 13.5. The van der Waals surface area contributed by atoms with Crippen molar-refractivity contribution in [3.8, 4) is 0 Å². The Labute approximate surface area is 143 Å². The fourth-order valence-electron chi connectivity index (χ4n) is 2.37. The summed E-state index contributed by atoms with van der Waals surface area (Å²) in [6.07, 6.45) is 2.35. The van der Waals surface area contributed by atoms with Crippen molar-refractivity contribution in [2.45, 2.75) is 32.7 Å². The fourth-order valence-corrected chi connectivity index (χ4v) is 3.15. The number of hydrogen-bond donors (Lipinski definition) is 2. The first-order chi connectivity index (χ1) is 9.33. The molecule has 1 fully saturated rings. The van der Waals surface area contributed by atoms with Gasteiger partial charge in [0.25, 0.3) is 0 Å². The highest BCUT2D eigenvalue weighted by molar-refractivity contribution is 14.0. The lowest BCUT2D eigenvalue weighted by Crippen LogP contribution is -2.48. The molecular formula is C14H25IN4S. The molecule has 20 heavy (non-hydrogen) atoms. The lowest BCUT2D eigenvalue weighted by Gasteiger charge is -2.33. The van der Waals surface area contributed by atoms with Crippen molar-refractivity contribution in [2.75, 3.05) is 31.1 Å². The Hall–Kier alpha value is -0.500. The largest absolute Gasteiger partial charge is 0.363 e. The first-order valence-corrected chi connectivity index (χ1v) is 8.04. The van der Waals surface area contributed by atoms with Gasteiger partial charge in [-0.05, 0) is 44.2 Å². The van der Waals surface area contributed by atoms with Crippen LogP contribution in [0.2, 0.25) is 0 Å². The van der Waals surface area contributed by atoms with Gasteiger partial charge in [0.1, 0.15) is 0 Å². The molecule has 0 bridgehead atoms. The number of hydrogen-bond acceptors (Lipinski definition) is 3. The van der Waals surface area contributed by atoms with E-state index in [4.69, 9.17) is 0 Å². The Morgan fingerprint density at radius 3 is 2.70 bits per heavy atom. The molecule has 2 heterocycles. The number of halogens is 1. The van der Waals surface area contributed by atoms with Gasteiger partial charge in [0.15, 0.2) is 5.96 Å². The molecule has 4 nitrogen and oxygen atoms in total. The Morgan fingerprint density at radius 2 is 2.15 bits per heavy atom. The molecule has 0 amide bonds. The number of rotatable bonds is 4. The minimum Gasteiger partial charge on any atom is -0.363 e. The smallest absolute Gasteiger partial charge is 0.191 e. The lowest BCUT2D eigenvalue weighted by atomic mass is 10.1. The minimum atomic E-state index is 0. The van der Waals surface area contributed by atoms with Gasteiger partial charge in [0, 0.05) is 32.2 Å². The molecule has 0 aromatic carbocycles. The van der Waals surface area contributed by atoms with E-state index in [1.807, 2.05) is 11.3 Å². The molecule has 2 N–H and O–H groups in total. The van der Waals surface area contributed by atoms with Gasteiger partial charge in [-0.3, -0.25) is 4.99 Å². The predicted octanol–water partition coefficient (Wildman–Crippen LogP) is 2.91. The minimum absolute atomic E-state index is 0. The number of piperidine rings is 1. The van der Waals surface area contributed by atoms with Crippen LogP contribution in [0.15, 0.2) is 22.5 Å². The molecule has 114 valence electrons. The van der Waals surface area contributed by atoms with Crippen LogP contribution in [-0.4, -0.2) is 38.2 Å². The van der Waals surface area contributed by atoms with Crippen molar-refractivity contribution < 1.29 is 0 Å². The molecule has 0 aliphatic carbocycles. The van der Waals surface area contributed by atoms with Crippen molar-refractivity contribution >= 4 is 46.3 Å². The van der Waals surface area contributed by atoms with Gasteiger partial charge in [-0.1, -0.05) is 0 Å². The van der Waals surface area contributed by atoms with Crippen molar-refractivity contribution in [3.05, 3.63) is 17.5 Å². The first kappa shape index (κ1) is 17.6. The van der Waals surface area contributed by atoms with Crippen molar-refractivity contribution in [1.29, 1.82) is 0 Å². The van der Waals surface area contributed by atoms with E-state index in [1.54, 1.807) is 0 Å². The zero-order valence-electron chi connectivity index (χ0n) is 12.3. The molecule has 0 spiro atoms. The maximum atomic E-state index is 4.46. The van der Waals surface area contributed by atoms with E-state index in [0.29, 0.717) is 6.04 Å². The van der Waals surface area contributed by atoms with Crippen LogP contribution in [0.1, 0.15) is 26.7 Å². The maximum absolute atomic E-state index is 4.46. The number of guanidine groups is 1. The zero-order valence-corrected chi connectivity index (χ0v) is 15.4. The lowest BCUT2D eigenvalue weighted by molar-refractivity contribution is 0.463. The topological polar surface area (TPSA) is 39.7 Å². The van der Waals surface area contributed by atoms with Crippen molar-refractivity contribution in [3.63, 3.8) is 0 Å². The SMILES string of the molecule is CCN=C(NCC)NC1CCN(c2cccs2)CC1.I. The summed E-state index contributed by atoms with van der Waals surface area (Å²) in [6.45, 7) is 8.17. The molecule has 6 heteroatoms. The van der Waals surface area contributed by atoms with Crippen LogP contribution in [0.5, 0.6) is 0 Å². The van der Waals surface area contributed by atoms with Crippen LogP contribution >= 0.6 is 35.3 Å². The number of thiophene rings is 1. The summed E-state index contributed by atoms with van der Waals surface area (Å²) in [4.78, 5) is 6.94. The molecule has 2 rings (SSSR count). The van der Waals surface area contributed by atoms with E-state index in [-0.39, 0.29) is 24.0 Å². The Bertz CT molecular complexity index is 386. The molecule has 1 aliphatic heterocycles. The molecular weight excluding hydrogens is 383 g/mol. The summed E-state index contributed by atoms with van der Waals surface area (Å²) in [5.41, 5.74) is 0. The third kappa shape index (κ3) is 5.12. The molecule has 0 unspecified atom stereocenters. The van der Waals surface area contributed by atoms with Crippen LogP contribution in [0.3, 0.4) is 0 Å². The normalized spacial score (nSPS) is 16.7. The molecule has 1 saturated heterocycles. The van der Waals surface area contributed by atoms with Crippen molar-refractivity contribution in [2.24, 2.45) is 4.99 Å². The molecule has 1 aliphatic rings. The molecule has 1 aromatic rings. The van der Waals surface area contributed by atoms with Gasteiger partial charge in [-0.2, -0.15) is 0 Å². The standard InChI is InChI=1S/C14H24N4S.HI/c1-3-15-14(16-4-2)17-12-7-9-18(10-8-12)13-6-5-11-19-13;/h5-6,11-12H,3-4,7-10H2,1-2H3,(H2,15,16,17);1H. The Kier molecular flexibility index (Phi) is 8.28. The van der Waals surface area contributed by atoms with Crippen molar-refractivity contribution in [1.82, 2.24) is 10.6 Å². The quantitative estimate of drug-likeness (QED) is 0.457. The number of nitrogens with zero attached hydrogens (tertiary/aromatic N) is 2. The third-order valence-electron chi connectivity index (χ3n) is 3.31. The van der Waals surface area contributed by atoms with Crippen LogP contribution in [0.4, 0.5) is 5.00 Å². The summed E-state index contributed by atoms with van der Waals surface area (Å²) in [5.74, 6) is 0.958. The van der Waals surface area contributed by atoms with Gasteiger partial charge in [-0.25, -0.2) is 0 Å². The molecule has 0 atom stereocenters. The molecule has 0 saturated carbocycles. The van der Waals surface area contributed by atoms with E-state index >= 15 is 0 Å². The van der Waals surface area contributed by atoms with E-state index in [2.05, 4.69) is 51.9 Å². The monoisotopic (exact) mass is 408 g/mol. The summed E-state index contributed by atoms with van der Waals surface area (Å²) in [6, 6.07) is 4.88. The predicted molar refractivity (Wildman–Crippen MR) is 99.8 cm³/mol. The van der Waals surface area contributed by atoms with E-state index < -0.39 is 0 Å². The van der Waals surface area contributed by atoms with Gasteiger partial charge in [0.05, 0.1) is 5.00 Å². The summed E-state index contributed by atoms with van der Waals surface area (Å²) >= 11 is 1.83.